The fraction of sp³-hybridized carbons (Fsp3) is 0.263. The monoisotopic (exact) mass is 374 g/mol. The maximum atomic E-state index is 12.4. The molecule has 27 heavy (non-hydrogen) atoms. The molecule has 2 rings (SSSR count). The number of rotatable bonds is 7. The van der Waals surface area contributed by atoms with Crippen LogP contribution in [0.5, 0.6) is 17.2 Å². The summed E-state index contributed by atoms with van der Waals surface area (Å²) in [4.78, 5) is 24.5. The van der Waals surface area contributed by atoms with Gasteiger partial charge in [-0.3, -0.25) is 0 Å². The van der Waals surface area contributed by atoms with Crippen molar-refractivity contribution in [3.63, 3.8) is 0 Å². The molecule has 0 aliphatic heterocycles. The minimum Gasteiger partial charge on any atom is -0.493 e. The number of carbonyl (C=O) groups excluding carboxylic acids is 2. The van der Waals surface area contributed by atoms with Crippen LogP contribution in [0, 0.1) is 0 Å². The van der Waals surface area contributed by atoms with Gasteiger partial charge in [-0.05, 0) is 5.56 Å². The highest BCUT2D eigenvalue weighted by Gasteiger charge is 2.24. The molecule has 0 heterocycles. The second-order valence-electron chi connectivity index (χ2n) is 5.38. The zero-order valence-corrected chi connectivity index (χ0v) is 15.6. The van der Waals surface area contributed by atoms with Gasteiger partial charge >= 0.3 is 12.0 Å². The number of hydrogen-bond donors (Lipinski definition) is 2. The van der Waals surface area contributed by atoms with Gasteiger partial charge in [-0.2, -0.15) is 0 Å². The van der Waals surface area contributed by atoms with E-state index in [2.05, 4.69) is 10.6 Å². The first-order valence-corrected chi connectivity index (χ1v) is 8.04. The minimum atomic E-state index is -0.946. The molecule has 0 aromatic heterocycles. The molecule has 0 aliphatic carbocycles. The fourth-order valence-electron chi connectivity index (χ4n) is 2.49. The van der Waals surface area contributed by atoms with Gasteiger partial charge in [-0.15, -0.1) is 0 Å². The van der Waals surface area contributed by atoms with Crippen LogP contribution in [0.15, 0.2) is 42.5 Å². The van der Waals surface area contributed by atoms with E-state index in [1.54, 1.807) is 36.4 Å². The second kappa shape index (κ2) is 9.33. The minimum absolute atomic E-state index is 0.389. The van der Waals surface area contributed by atoms with Crippen molar-refractivity contribution in [2.45, 2.75) is 6.04 Å². The number of benzene rings is 2. The highest BCUT2D eigenvalue weighted by atomic mass is 16.5. The van der Waals surface area contributed by atoms with Gasteiger partial charge in [0.15, 0.2) is 17.5 Å². The van der Waals surface area contributed by atoms with Crippen molar-refractivity contribution >= 4 is 17.7 Å². The van der Waals surface area contributed by atoms with Gasteiger partial charge in [0.25, 0.3) is 0 Å². The first kappa shape index (κ1) is 19.9. The van der Waals surface area contributed by atoms with Gasteiger partial charge in [-0.25, -0.2) is 9.59 Å². The van der Waals surface area contributed by atoms with Crippen LogP contribution in [-0.4, -0.2) is 40.4 Å². The maximum Gasteiger partial charge on any atom is 0.333 e. The lowest BCUT2D eigenvalue weighted by Gasteiger charge is -2.18. The summed E-state index contributed by atoms with van der Waals surface area (Å²) in [5, 5.41) is 5.25. The number of esters is 1. The predicted molar refractivity (Wildman–Crippen MR) is 99.5 cm³/mol. The molecule has 8 heteroatoms. The molecule has 0 aliphatic rings. The Morgan fingerprint density at radius 3 is 1.96 bits per heavy atom. The molecule has 0 saturated carbocycles. The molecule has 2 amide bonds. The topological polar surface area (TPSA) is 95.1 Å². The van der Waals surface area contributed by atoms with Crippen LogP contribution in [0.2, 0.25) is 0 Å². The van der Waals surface area contributed by atoms with E-state index in [-0.39, 0.29) is 0 Å². The van der Waals surface area contributed by atoms with E-state index in [9.17, 15) is 9.59 Å². The van der Waals surface area contributed by atoms with Gasteiger partial charge in [0.1, 0.15) is 0 Å². The van der Waals surface area contributed by atoms with E-state index in [0.717, 1.165) is 0 Å². The molecule has 2 aromatic rings. The summed E-state index contributed by atoms with van der Waals surface area (Å²) in [6, 6.07) is 10.4. The molecule has 1 atom stereocenters. The third-order valence-electron chi connectivity index (χ3n) is 3.77. The molecular weight excluding hydrogens is 352 g/mol. The Bertz CT molecular complexity index is 769. The average Bonchev–Trinajstić information content (AvgIpc) is 2.71. The lowest BCUT2D eigenvalue weighted by atomic mass is 10.1. The molecule has 144 valence electrons. The first-order valence-electron chi connectivity index (χ1n) is 8.04. The van der Waals surface area contributed by atoms with Gasteiger partial charge in [0.2, 0.25) is 5.75 Å². The zero-order chi connectivity index (χ0) is 19.8. The number of anilines is 1. The smallest absolute Gasteiger partial charge is 0.333 e. The lowest BCUT2D eigenvalue weighted by molar-refractivity contribution is -0.143. The van der Waals surface area contributed by atoms with Crippen LogP contribution in [0.25, 0.3) is 0 Å². The van der Waals surface area contributed by atoms with Gasteiger partial charge < -0.3 is 29.6 Å². The molecule has 0 saturated heterocycles. The second-order valence-corrected chi connectivity index (χ2v) is 5.38. The van der Waals surface area contributed by atoms with Crippen molar-refractivity contribution < 1.29 is 28.5 Å². The summed E-state index contributed by atoms with van der Waals surface area (Å²) in [5.41, 5.74) is 1.00. The summed E-state index contributed by atoms with van der Waals surface area (Å²) >= 11 is 0. The molecule has 0 fully saturated rings. The van der Waals surface area contributed by atoms with E-state index < -0.39 is 18.0 Å². The van der Waals surface area contributed by atoms with Gasteiger partial charge in [0.05, 0.1) is 34.1 Å². The van der Waals surface area contributed by atoms with Crippen molar-refractivity contribution in [2.24, 2.45) is 0 Å². The van der Waals surface area contributed by atoms with Gasteiger partial charge in [0, 0.05) is 12.1 Å². The Morgan fingerprint density at radius 1 is 0.889 bits per heavy atom. The average molecular weight is 374 g/mol. The van der Waals surface area contributed by atoms with Crippen LogP contribution in [0.4, 0.5) is 10.5 Å². The molecule has 2 aromatic carbocycles. The quantitative estimate of drug-likeness (QED) is 0.724. The summed E-state index contributed by atoms with van der Waals surface area (Å²) in [7, 11) is 5.70. The Labute approximate surface area is 157 Å². The highest BCUT2D eigenvalue weighted by molar-refractivity contribution is 5.93. The Morgan fingerprint density at radius 2 is 1.48 bits per heavy atom. The largest absolute Gasteiger partial charge is 0.493 e. The van der Waals surface area contributed by atoms with Crippen LogP contribution >= 0.6 is 0 Å². The Hall–Kier alpha value is -3.42. The van der Waals surface area contributed by atoms with E-state index in [1.165, 1.54) is 28.4 Å². The number of ether oxygens (including phenoxy) is 4. The lowest BCUT2D eigenvalue weighted by Crippen LogP contribution is -2.37. The first-order chi connectivity index (χ1) is 13.0. The zero-order valence-electron chi connectivity index (χ0n) is 15.6. The van der Waals surface area contributed by atoms with Crippen molar-refractivity contribution in [2.75, 3.05) is 33.8 Å². The molecule has 0 radical (unpaired) electrons. The summed E-state index contributed by atoms with van der Waals surface area (Å²) < 4.78 is 20.5. The number of amides is 2. The van der Waals surface area contributed by atoms with Crippen LogP contribution in [-0.2, 0) is 9.53 Å². The molecule has 8 nitrogen and oxygen atoms in total. The van der Waals surface area contributed by atoms with Gasteiger partial charge in [-0.1, -0.05) is 30.3 Å². The summed E-state index contributed by atoms with van der Waals surface area (Å²) in [6.07, 6.45) is 0. The standard InChI is InChI=1S/C19H22N2O6/c1-24-14-10-13(11-15(25-2)17(14)26-3)20-19(23)21-16(18(22)27-4)12-8-6-5-7-9-12/h5-11,16H,1-4H3,(H2,20,21,23). The number of urea groups is 1. The van der Waals surface area contributed by atoms with Crippen molar-refractivity contribution in [1.82, 2.24) is 5.32 Å². The van der Waals surface area contributed by atoms with Crippen LogP contribution in [0.1, 0.15) is 11.6 Å². The van der Waals surface area contributed by atoms with Crippen molar-refractivity contribution in [1.29, 1.82) is 0 Å². The van der Waals surface area contributed by atoms with Crippen LogP contribution in [0.3, 0.4) is 0 Å². The number of nitrogens with one attached hydrogen (secondary N) is 2. The molecule has 0 spiro atoms. The molecule has 0 bridgehead atoms. The van der Waals surface area contributed by atoms with E-state index >= 15 is 0 Å². The van der Waals surface area contributed by atoms with Crippen molar-refractivity contribution in [3.05, 3.63) is 48.0 Å². The Balaban J connectivity index is 2.21. The number of methoxy groups -OCH3 is 4. The van der Waals surface area contributed by atoms with E-state index in [0.29, 0.717) is 28.5 Å². The number of hydrogen-bond acceptors (Lipinski definition) is 6. The third-order valence-corrected chi connectivity index (χ3v) is 3.77. The molecule has 1 unspecified atom stereocenters. The Kier molecular flexibility index (Phi) is 6.87. The predicted octanol–water partition coefficient (Wildman–Crippen LogP) is 2.75. The normalized spacial score (nSPS) is 11.1. The maximum absolute atomic E-state index is 12.4. The SMILES string of the molecule is COC(=O)C(NC(=O)Nc1cc(OC)c(OC)c(OC)c1)c1ccccc1. The van der Waals surface area contributed by atoms with Crippen LogP contribution < -0.4 is 24.8 Å². The highest BCUT2D eigenvalue weighted by Crippen LogP contribution is 2.39. The van der Waals surface area contributed by atoms with E-state index in [4.69, 9.17) is 18.9 Å². The molecular formula is C19H22N2O6. The van der Waals surface area contributed by atoms with Crippen molar-refractivity contribution in [3.8, 4) is 17.2 Å². The molecule has 2 N–H and O–H groups in total. The summed E-state index contributed by atoms with van der Waals surface area (Å²) in [5.74, 6) is 0.600. The van der Waals surface area contributed by atoms with E-state index in [1.807, 2.05) is 6.07 Å². The summed E-state index contributed by atoms with van der Waals surface area (Å²) in [6.45, 7) is 0. The fourth-order valence-corrected chi connectivity index (χ4v) is 2.49. The number of carbonyl (C=O) groups is 2. The third kappa shape index (κ3) is 4.81.